The summed E-state index contributed by atoms with van der Waals surface area (Å²) in [7, 11) is 0. The van der Waals surface area contributed by atoms with Crippen molar-refractivity contribution in [1.82, 2.24) is 19.7 Å². The number of anilines is 1. The van der Waals surface area contributed by atoms with Crippen molar-refractivity contribution in [2.75, 3.05) is 5.73 Å². The van der Waals surface area contributed by atoms with Crippen molar-refractivity contribution in [2.45, 2.75) is 13.8 Å². The predicted molar refractivity (Wildman–Crippen MR) is 84.3 cm³/mol. The van der Waals surface area contributed by atoms with Gasteiger partial charge in [0.1, 0.15) is 29.5 Å². The van der Waals surface area contributed by atoms with E-state index in [-0.39, 0.29) is 5.82 Å². The highest BCUT2D eigenvalue weighted by molar-refractivity contribution is 5.51. The summed E-state index contributed by atoms with van der Waals surface area (Å²) in [5.74, 6) is 1.72. The average molecular weight is 306 g/mol. The van der Waals surface area contributed by atoms with Crippen LogP contribution in [0, 0.1) is 25.2 Å². The van der Waals surface area contributed by atoms with Gasteiger partial charge in [-0.3, -0.25) is 0 Å². The third kappa shape index (κ3) is 2.96. The summed E-state index contributed by atoms with van der Waals surface area (Å²) in [6.45, 7) is 4.00. The van der Waals surface area contributed by atoms with Crippen molar-refractivity contribution in [3.63, 3.8) is 0 Å². The molecule has 0 fully saturated rings. The number of benzene rings is 1. The number of nitrogen functional groups attached to an aromatic ring is 1. The first kappa shape index (κ1) is 14.5. The summed E-state index contributed by atoms with van der Waals surface area (Å²) >= 11 is 0. The van der Waals surface area contributed by atoms with Gasteiger partial charge in [-0.15, -0.1) is 0 Å². The monoisotopic (exact) mass is 306 g/mol. The number of nitrogens with zero attached hydrogens (tertiary/aromatic N) is 5. The van der Waals surface area contributed by atoms with E-state index in [4.69, 9.17) is 15.7 Å². The van der Waals surface area contributed by atoms with Gasteiger partial charge in [0, 0.05) is 6.07 Å². The highest BCUT2D eigenvalue weighted by Crippen LogP contribution is 2.24. The molecule has 0 spiro atoms. The molecule has 3 aromatic rings. The molecule has 0 radical (unpaired) electrons. The first-order chi connectivity index (χ1) is 11.1. The van der Waals surface area contributed by atoms with E-state index in [1.807, 2.05) is 32.0 Å². The zero-order chi connectivity index (χ0) is 16.4. The van der Waals surface area contributed by atoms with Crippen LogP contribution < -0.4 is 10.5 Å². The fourth-order valence-electron chi connectivity index (χ4n) is 2.24. The minimum Gasteiger partial charge on any atom is -0.439 e. The summed E-state index contributed by atoms with van der Waals surface area (Å²) < 4.78 is 7.15. The highest BCUT2D eigenvalue weighted by atomic mass is 16.5. The number of aryl methyl sites for hydroxylation is 2. The fourth-order valence-corrected chi connectivity index (χ4v) is 2.24. The Morgan fingerprint density at radius 2 is 1.87 bits per heavy atom. The molecular formula is C16H14N6O. The number of rotatable bonds is 3. The maximum absolute atomic E-state index is 8.94. The molecule has 2 N–H and O–H groups in total. The summed E-state index contributed by atoms with van der Waals surface area (Å²) in [6, 6.07) is 9.49. The van der Waals surface area contributed by atoms with E-state index in [1.54, 1.807) is 6.07 Å². The SMILES string of the molecule is Cc1cc(C)cc(Oc2cc(-n3ncc(C#N)c3N)ncn2)c1. The quantitative estimate of drug-likeness (QED) is 0.797. The first-order valence-electron chi connectivity index (χ1n) is 6.89. The molecule has 0 aliphatic rings. The normalized spacial score (nSPS) is 10.3. The van der Waals surface area contributed by atoms with Crippen molar-refractivity contribution in [2.24, 2.45) is 0 Å². The summed E-state index contributed by atoms with van der Waals surface area (Å²) in [5.41, 5.74) is 8.36. The van der Waals surface area contributed by atoms with Crippen LogP contribution in [0.1, 0.15) is 16.7 Å². The number of ether oxygens (including phenoxy) is 1. The third-order valence-corrected chi connectivity index (χ3v) is 3.19. The molecule has 1 aromatic carbocycles. The van der Waals surface area contributed by atoms with Gasteiger partial charge in [-0.25, -0.2) is 9.97 Å². The van der Waals surface area contributed by atoms with E-state index in [0.29, 0.717) is 23.0 Å². The van der Waals surface area contributed by atoms with Gasteiger partial charge in [-0.1, -0.05) is 6.07 Å². The smallest absolute Gasteiger partial charge is 0.224 e. The molecule has 23 heavy (non-hydrogen) atoms. The second-order valence-corrected chi connectivity index (χ2v) is 5.11. The summed E-state index contributed by atoms with van der Waals surface area (Å²) in [5, 5.41) is 13.0. The summed E-state index contributed by atoms with van der Waals surface area (Å²) in [4.78, 5) is 8.21. The molecule has 0 saturated heterocycles. The molecule has 2 heterocycles. The largest absolute Gasteiger partial charge is 0.439 e. The van der Waals surface area contributed by atoms with Gasteiger partial charge < -0.3 is 10.5 Å². The topological polar surface area (TPSA) is 103 Å². The van der Waals surface area contributed by atoms with E-state index in [2.05, 4.69) is 21.1 Å². The van der Waals surface area contributed by atoms with Crippen LogP contribution in [0.2, 0.25) is 0 Å². The van der Waals surface area contributed by atoms with Gasteiger partial charge >= 0.3 is 0 Å². The summed E-state index contributed by atoms with van der Waals surface area (Å²) in [6.07, 6.45) is 2.75. The zero-order valence-electron chi connectivity index (χ0n) is 12.7. The highest BCUT2D eigenvalue weighted by Gasteiger charge is 2.11. The van der Waals surface area contributed by atoms with Crippen molar-refractivity contribution in [1.29, 1.82) is 5.26 Å². The van der Waals surface area contributed by atoms with Gasteiger partial charge in [0.25, 0.3) is 0 Å². The molecular weight excluding hydrogens is 292 g/mol. The van der Waals surface area contributed by atoms with Gasteiger partial charge in [0.15, 0.2) is 5.82 Å². The van der Waals surface area contributed by atoms with Gasteiger partial charge in [0.2, 0.25) is 5.88 Å². The molecule has 114 valence electrons. The Labute approximate surface area is 133 Å². The lowest BCUT2D eigenvalue weighted by Gasteiger charge is -2.08. The van der Waals surface area contributed by atoms with E-state index in [9.17, 15) is 0 Å². The molecule has 7 nitrogen and oxygen atoms in total. The van der Waals surface area contributed by atoms with Crippen LogP contribution in [0.5, 0.6) is 11.6 Å². The lowest BCUT2D eigenvalue weighted by atomic mass is 10.1. The molecule has 0 unspecified atom stereocenters. The van der Waals surface area contributed by atoms with Crippen molar-refractivity contribution in [3.8, 4) is 23.5 Å². The van der Waals surface area contributed by atoms with Crippen LogP contribution in [0.25, 0.3) is 5.82 Å². The molecule has 3 rings (SSSR count). The van der Waals surface area contributed by atoms with Crippen LogP contribution in [-0.4, -0.2) is 19.7 Å². The molecule has 0 saturated carbocycles. The van der Waals surface area contributed by atoms with Gasteiger partial charge in [0.05, 0.1) is 6.20 Å². The lowest BCUT2D eigenvalue weighted by molar-refractivity contribution is 0.460. The van der Waals surface area contributed by atoms with Crippen molar-refractivity contribution < 1.29 is 4.74 Å². The van der Waals surface area contributed by atoms with Crippen LogP contribution in [0.15, 0.2) is 36.8 Å². The average Bonchev–Trinajstić information content (AvgIpc) is 2.87. The number of aromatic nitrogens is 4. The Morgan fingerprint density at radius 3 is 2.52 bits per heavy atom. The lowest BCUT2D eigenvalue weighted by Crippen LogP contribution is -2.05. The Kier molecular flexibility index (Phi) is 3.65. The van der Waals surface area contributed by atoms with Crippen LogP contribution in [0.3, 0.4) is 0 Å². The molecule has 0 amide bonds. The minimum absolute atomic E-state index is 0.226. The van der Waals surface area contributed by atoms with E-state index < -0.39 is 0 Å². The number of hydrogen-bond donors (Lipinski definition) is 1. The fraction of sp³-hybridized carbons (Fsp3) is 0.125. The number of hydrogen-bond acceptors (Lipinski definition) is 6. The molecule has 7 heteroatoms. The van der Waals surface area contributed by atoms with Gasteiger partial charge in [-0.05, 0) is 37.1 Å². The number of nitriles is 1. The van der Waals surface area contributed by atoms with Crippen LogP contribution in [-0.2, 0) is 0 Å². The number of nitrogens with two attached hydrogens (primary N) is 1. The van der Waals surface area contributed by atoms with Crippen molar-refractivity contribution >= 4 is 5.82 Å². The maximum Gasteiger partial charge on any atom is 0.224 e. The molecule has 2 aromatic heterocycles. The Bertz CT molecular complexity index is 889. The Balaban J connectivity index is 1.94. The zero-order valence-corrected chi connectivity index (χ0v) is 12.7. The maximum atomic E-state index is 8.94. The standard InChI is InChI=1S/C16H14N6O/c1-10-3-11(2)5-13(4-10)23-15-6-14(19-9-20-15)22-16(18)12(7-17)8-21-22/h3-6,8-9H,18H2,1-2H3. The molecule has 0 aliphatic carbocycles. The van der Waals surface area contributed by atoms with Crippen LogP contribution >= 0.6 is 0 Å². The second-order valence-electron chi connectivity index (χ2n) is 5.11. The second kappa shape index (κ2) is 5.77. The van der Waals surface area contributed by atoms with E-state index in [0.717, 1.165) is 11.1 Å². The third-order valence-electron chi connectivity index (χ3n) is 3.19. The van der Waals surface area contributed by atoms with Gasteiger partial charge in [-0.2, -0.15) is 15.0 Å². The molecule has 0 bridgehead atoms. The molecule has 0 aliphatic heterocycles. The van der Waals surface area contributed by atoms with Crippen molar-refractivity contribution in [3.05, 3.63) is 53.5 Å². The minimum atomic E-state index is 0.226. The van der Waals surface area contributed by atoms with E-state index >= 15 is 0 Å². The van der Waals surface area contributed by atoms with E-state index in [1.165, 1.54) is 17.2 Å². The first-order valence-corrected chi connectivity index (χ1v) is 6.89. The predicted octanol–water partition coefficient (Wildman–Crippen LogP) is 2.53. The Morgan fingerprint density at radius 1 is 1.13 bits per heavy atom. The Hall–Kier alpha value is -3.40. The van der Waals surface area contributed by atoms with Crippen LogP contribution in [0.4, 0.5) is 5.82 Å². The molecule has 0 atom stereocenters.